The second-order valence-corrected chi connectivity index (χ2v) is 26.5. The molecule has 536 valence electrons. The van der Waals surface area contributed by atoms with Crippen LogP contribution in [0.25, 0.3) is 32.7 Å². The minimum atomic E-state index is -0.801. The second-order valence-electron chi connectivity index (χ2n) is 24.8. The smallest absolute Gasteiger partial charge is 0.850 e. The average molecular weight is 1500 g/mol. The fourth-order valence-corrected chi connectivity index (χ4v) is 10.2. The average Bonchev–Trinajstić information content (AvgIpc) is 1.65. The van der Waals surface area contributed by atoms with Gasteiger partial charge in [-0.15, -0.1) is 5.60 Å². The predicted molar refractivity (Wildman–Crippen MR) is 388 cm³/mol. The third-order valence-electron chi connectivity index (χ3n) is 14.5. The van der Waals surface area contributed by atoms with Crippen molar-refractivity contribution in [2.24, 2.45) is 0 Å². The number of carbonyl (C=O) groups is 8. The number of nitrogens with zero attached hydrogens (tertiary/aromatic N) is 3. The number of carbonyl (C=O) groups excluding carboxylic acids is 7. The Morgan fingerprint density at radius 3 is 1.34 bits per heavy atom. The molecular formula is C75H86Cl4F3KN8O10. The van der Waals surface area contributed by atoms with E-state index in [1.165, 1.54) is 52.5 Å². The minimum Gasteiger partial charge on any atom is -0.850 e. The van der Waals surface area contributed by atoms with Gasteiger partial charge in [0.1, 0.15) is 23.2 Å². The molecule has 0 fully saturated rings. The molecule has 26 heteroatoms. The number of nitrogens with one attached hydrogen (secondary N) is 5. The molecule has 0 atom stereocenters. The minimum absolute atomic E-state index is 0. The van der Waals surface area contributed by atoms with Gasteiger partial charge in [-0.2, -0.15) is 0 Å². The van der Waals surface area contributed by atoms with Crippen LogP contribution in [0.1, 0.15) is 121 Å². The Bertz CT molecular complexity index is 4240. The van der Waals surface area contributed by atoms with Crippen LogP contribution in [0, 0.1) is 17.5 Å². The van der Waals surface area contributed by atoms with E-state index in [0.29, 0.717) is 36.1 Å². The third kappa shape index (κ3) is 30.7. The van der Waals surface area contributed by atoms with Crippen molar-refractivity contribution in [2.75, 3.05) is 19.6 Å². The Labute approximate surface area is 649 Å². The van der Waals surface area contributed by atoms with Gasteiger partial charge in [-0.05, 0) is 104 Å². The Morgan fingerprint density at radius 1 is 0.554 bits per heavy atom. The maximum absolute atomic E-state index is 14.0. The number of hydrogen-bond donors (Lipinski definition) is 6. The Morgan fingerprint density at radius 2 is 0.931 bits per heavy atom. The van der Waals surface area contributed by atoms with Gasteiger partial charge in [0.15, 0.2) is 0 Å². The van der Waals surface area contributed by atoms with E-state index in [0.717, 1.165) is 43.8 Å². The molecule has 0 aliphatic carbocycles. The van der Waals surface area contributed by atoms with Crippen LogP contribution in [-0.4, -0.2) is 119 Å². The number of rotatable bonds is 22. The van der Waals surface area contributed by atoms with E-state index in [9.17, 15) is 56.6 Å². The van der Waals surface area contributed by atoms with Crippen LogP contribution in [0.4, 0.5) is 13.2 Å². The fourth-order valence-electron chi connectivity index (χ4n) is 9.62. The van der Waals surface area contributed by atoms with E-state index in [1.807, 2.05) is 121 Å². The summed E-state index contributed by atoms with van der Waals surface area (Å²) in [6.45, 7) is 19.0. The maximum atomic E-state index is 14.0. The molecule has 0 aliphatic heterocycles. The van der Waals surface area contributed by atoms with Gasteiger partial charge >= 0.3 is 57.4 Å². The van der Waals surface area contributed by atoms with Crippen molar-refractivity contribution < 1.29 is 113 Å². The van der Waals surface area contributed by atoms with Crippen molar-refractivity contribution in [2.45, 2.75) is 145 Å². The largest absolute Gasteiger partial charge is 1.00 e. The first-order chi connectivity index (χ1) is 47.1. The van der Waals surface area contributed by atoms with Gasteiger partial charge in [-0.3, -0.25) is 42.9 Å². The molecule has 0 saturated heterocycles. The van der Waals surface area contributed by atoms with Gasteiger partial charge in [0.05, 0.1) is 59.5 Å². The zero-order chi connectivity index (χ0) is 74.6. The second kappa shape index (κ2) is 43.7. The molecule has 0 unspecified atom stereocenters. The summed E-state index contributed by atoms with van der Waals surface area (Å²) >= 11 is 21.8. The number of amides is 4. The quantitative estimate of drug-likeness (QED) is 0.0275. The molecule has 18 nitrogen and oxygen atoms in total. The number of halogens is 7. The summed E-state index contributed by atoms with van der Waals surface area (Å²) < 4.78 is 43.0. The Hall–Kier alpha value is -7.19. The molecule has 4 amide bonds. The summed E-state index contributed by atoms with van der Waals surface area (Å²) in [6.07, 6.45) is 6.28. The SMILES string of the molecule is CC(=O)Cl.CC(=O)n1cc(CC(=O)N(CC(=O)NCc2cccc(Cl)c2F)C(C)C)c2ccccc21.CC(C)(C)[O-].CC(C)N(CC(=O)NCc1cccc(Cl)c1F)C(=O)Cc1c[nH]c2ccccc12.CC(C)NCC(=O)CCc1cccc(Cl)c1F.O=C(O)Cc1c[nH]c2ccccc12.[K+]. The number of aromatic amines is 2. The summed E-state index contributed by atoms with van der Waals surface area (Å²) in [7, 11) is 0. The maximum Gasteiger partial charge on any atom is 1.00 e. The van der Waals surface area contributed by atoms with E-state index in [1.54, 1.807) is 63.5 Å². The van der Waals surface area contributed by atoms with Gasteiger partial charge in [0, 0.05) is 108 Å². The third-order valence-corrected chi connectivity index (χ3v) is 15.3. The molecule has 9 aromatic rings. The number of aliphatic carboxylic acids is 1. The first-order valence-electron chi connectivity index (χ1n) is 32.0. The summed E-state index contributed by atoms with van der Waals surface area (Å²) in [4.78, 5) is 103. The molecule has 0 spiro atoms. The van der Waals surface area contributed by atoms with Crippen LogP contribution >= 0.6 is 46.4 Å². The molecular weight excluding hydrogens is 1410 g/mol. The molecule has 3 aromatic heterocycles. The fraction of sp³-hybridized carbons (Fsp3) is 0.333. The molecule has 0 aliphatic rings. The summed E-state index contributed by atoms with van der Waals surface area (Å²) in [5.74, 6) is -3.55. The van der Waals surface area contributed by atoms with Crippen LogP contribution in [0.5, 0.6) is 0 Å². The number of ketones is 1. The monoisotopic (exact) mass is 1490 g/mol. The van der Waals surface area contributed by atoms with Crippen LogP contribution in [-0.2, 0) is 72.3 Å². The van der Waals surface area contributed by atoms with Crippen molar-refractivity contribution in [1.82, 2.24) is 40.3 Å². The number of benzene rings is 6. The molecule has 0 saturated carbocycles. The Kier molecular flexibility index (Phi) is 38.1. The topological polar surface area (TPSA) is 259 Å². The molecule has 6 N–H and O–H groups in total. The number of carboxylic acid groups (broad SMARTS) is 1. The summed E-state index contributed by atoms with van der Waals surface area (Å²) in [5, 5.41) is 29.6. The van der Waals surface area contributed by atoms with Crippen LogP contribution in [0.15, 0.2) is 146 Å². The van der Waals surface area contributed by atoms with Gasteiger partial charge in [0.2, 0.25) is 34.8 Å². The number of fused-ring (bicyclic) bond motifs is 3. The molecule has 3 heterocycles. The first-order valence-corrected chi connectivity index (χ1v) is 33.5. The molecule has 6 aromatic carbocycles. The standard InChI is InChI=1S/C24H25ClFN3O3.C22H23ClFN3O2.C13H17ClFNO.C10H9NO2.C4H9O.C2H3ClO.K/c1-15(2)28(14-22(31)27-12-17-7-6-9-20(25)24(17)26)23(32)11-18-13-29(16(3)30)21-10-5-4-8-19(18)21;1-14(2)27(13-20(28)26-11-15-6-5-8-18(23)22(15)24)21(29)10-16-12-25-19-9-4-3-7-17(16)19;1-9(2)16-8-11(17)7-6-10-4-3-5-12(14)13(10)15;12-10(13)5-7-6-11-9-4-2-1-3-8(7)9;1-4(2,3)5;1-2(3)4;/h4-10,13,15H,11-12,14H2,1-3H3,(H,27,31);3-9,12,14,25H,10-11,13H2,1-2H3,(H,26,28);3-5,9,16H,6-8H2,1-2H3;1-4,6,11H,5H2,(H,12,13);1-3H3;1H3;/q;;;;-1;;+1. The van der Waals surface area contributed by atoms with E-state index in [4.69, 9.17) is 39.9 Å². The molecule has 9 rings (SSSR count). The van der Waals surface area contributed by atoms with E-state index in [-0.39, 0.29) is 170 Å². The number of para-hydroxylation sites is 3. The van der Waals surface area contributed by atoms with Crippen molar-refractivity contribution in [3.05, 3.63) is 212 Å². The number of aryl methyl sites for hydroxylation is 1. The van der Waals surface area contributed by atoms with Crippen molar-refractivity contribution in [3.63, 3.8) is 0 Å². The van der Waals surface area contributed by atoms with Gasteiger partial charge < -0.3 is 45.9 Å². The van der Waals surface area contributed by atoms with Gasteiger partial charge in [-0.1, -0.05) is 160 Å². The van der Waals surface area contributed by atoms with Crippen molar-refractivity contribution in [3.8, 4) is 0 Å². The van der Waals surface area contributed by atoms with Gasteiger partial charge in [-0.25, -0.2) is 13.2 Å². The Balaban J connectivity index is 0.000000350. The zero-order valence-electron chi connectivity index (χ0n) is 58.8. The van der Waals surface area contributed by atoms with E-state index < -0.39 is 34.9 Å². The van der Waals surface area contributed by atoms with Crippen molar-refractivity contribution >= 4 is 126 Å². The zero-order valence-corrected chi connectivity index (χ0v) is 64.9. The first kappa shape index (κ1) is 88.0. The normalized spacial score (nSPS) is 10.7. The molecule has 0 radical (unpaired) electrons. The summed E-state index contributed by atoms with van der Waals surface area (Å²) in [6, 6.07) is 36.8. The van der Waals surface area contributed by atoms with Crippen LogP contribution < -0.4 is 72.4 Å². The van der Waals surface area contributed by atoms with Crippen LogP contribution in [0.2, 0.25) is 15.1 Å². The number of hydrogen-bond acceptors (Lipinski definition) is 10. The molecule has 101 heavy (non-hydrogen) atoms. The number of H-pyrrole nitrogens is 2. The summed E-state index contributed by atoms with van der Waals surface area (Å²) in [5.41, 5.74) is 5.44. The predicted octanol–water partition coefficient (Wildman–Crippen LogP) is 10.9. The van der Waals surface area contributed by atoms with Gasteiger partial charge in [0.25, 0.3) is 0 Å². The molecule has 0 bridgehead atoms. The van der Waals surface area contributed by atoms with E-state index >= 15 is 0 Å². The van der Waals surface area contributed by atoms with Crippen molar-refractivity contribution in [1.29, 1.82) is 0 Å². The van der Waals surface area contributed by atoms with Crippen LogP contribution in [0.3, 0.4) is 0 Å². The number of carboxylic acids is 1. The number of Topliss-reactive ketones (excluding diaryl/α,β-unsaturated/α-hetero) is 1. The van der Waals surface area contributed by atoms with E-state index in [2.05, 4.69) is 37.5 Å². The number of aromatic nitrogens is 3.